The summed E-state index contributed by atoms with van der Waals surface area (Å²) in [6.45, 7) is 4.33. The number of nitrogens with zero attached hydrogens (tertiary/aromatic N) is 1. The summed E-state index contributed by atoms with van der Waals surface area (Å²) in [4.78, 5) is 11.6. The quantitative estimate of drug-likeness (QED) is 0.815. The number of hydrogen-bond donors (Lipinski definition) is 0. The lowest BCUT2D eigenvalue weighted by Gasteiger charge is -2.03. The minimum Gasteiger partial charge on any atom is -0.467 e. The van der Waals surface area contributed by atoms with Crippen molar-refractivity contribution in [2.75, 3.05) is 7.11 Å². The maximum absolute atomic E-state index is 11.6. The van der Waals surface area contributed by atoms with Gasteiger partial charge < -0.3 is 9.15 Å². The molecule has 0 bridgehead atoms. The number of ether oxygens (including phenoxy) is 1. The van der Waals surface area contributed by atoms with Crippen LogP contribution in [0.25, 0.3) is 0 Å². The van der Waals surface area contributed by atoms with Gasteiger partial charge in [0.1, 0.15) is 5.69 Å². The summed E-state index contributed by atoms with van der Waals surface area (Å²) in [5.41, 5.74) is 2.96. The van der Waals surface area contributed by atoms with Gasteiger partial charge in [0.15, 0.2) is 0 Å². The molecular formula is C13H15NO3. The van der Waals surface area contributed by atoms with Crippen molar-refractivity contribution in [1.29, 1.82) is 0 Å². The highest BCUT2D eigenvalue weighted by Gasteiger charge is 2.13. The smallest absolute Gasteiger partial charge is 0.422 e. The third-order valence-electron chi connectivity index (χ3n) is 2.75. The fraction of sp³-hybridized carbons (Fsp3) is 0.308. The van der Waals surface area contributed by atoms with Gasteiger partial charge in [-0.15, -0.1) is 0 Å². The first-order chi connectivity index (χ1) is 8.11. The second-order valence-electron chi connectivity index (χ2n) is 4.02. The summed E-state index contributed by atoms with van der Waals surface area (Å²) in [6.07, 6.45) is 0. The molecular weight excluding hydrogens is 218 g/mol. The van der Waals surface area contributed by atoms with Crippen LogP contribution in [0, 0.1) is 13.8 Å². The van der Waals surface area contributed by atoms with Gasteiger partial charge in [-0.3, -0.25) is 4.57 Å². The fourth-order valence-electron chi connectivity index (χ4n) is 1.70. The number of aryl methyl sites for hydroxylation is 1. The minimum atomic E-state index is -0.389. The number of oxazole rings is 1. The first-order valence-corrected chi connectivity index (χ1v) is 5.41. The lowest BCUT2D eigenvalue weighted by atomic mass is 10.1. The molecule has 0 fully saturated rings. The summed E-state index contributed by atoms with van der Waals surface area (Å²) in [5.74, 6) is -0.109. The lowest BCUT2D eigenvalue weighted by Crippen LogP contribution is -2.16. The maximum atomic E-state index is 11.6. The molecule has 4 nitrogen and oxygen atoms in total. The topological polar surface area (TPSA) is 44.4 Å². The number of benzene rings is 1. The van der Waals surface area contributed by atoms with Crippen molar-refractivity contribution in [3.8, 4) is 5.95 Å². The highest BCUT2D eigenvalue weighted by atomic mass is 16.6. The Kier molecular flexibility index (Phi) is 3.04. The van der Waals surface area contributed by atoms with Gasteiger partial charge in [0, 0.05) is 0 Å². The van der Waals surface area contributed by atoms with Crippen LogP contribution in [0.5, 0.6) is 5.95 Å². The zero-order valence-electron chi connectivity index (χ0n) is 10.2. The molecule has 1 heterocycles. The van der Waals surface area contributed by atoms with E-state index in [4.69, 9.17) is 9.15 Å². The van der Waals surface area contributed by atoms with Crippen LogP contribution in [0.4, 0.5) is 0 Å². The first kappa shape index (κ1) is 11.5. The van der Waals surface area contributed by atoms with E-state index in [0.29, 0.717) is 12.2 Å². The largest absolute Gasteiger partial charge is 0.467 e. The molecule has 0 amide bonds. The van der Waals surface area contributed by atoms with E-state index in [9.17, 15) is 4.79 Å². The van der Waals surface area contributed by atoms with Gasteiger partial charge in [-0.2, -0.15) is 0 Å². The number of aromatic nitrogens is 1. The van der Waals surface area contributed by atoms with Crippen LogP contribution in [-0.4, -0.2) is 11.7 Å². The first-order valence-electron chi connectivity index (χ1n) is 5.41. The van der Waals surface area contributed by atoms with E-state index in [-0.39, 0.29) is 11.7 Å². The van der Waals surface area contributed by atoms with Crippen molar-refractivity contribution >= 4 is 0 Å². The summed E-state index contributed by atoms with van der Waals surface area (Å²) >= 11 is 0. The molecule has 17 heavy (non-hydrogen) atoms. The van der Waals surface area contributed by atoms with E-state index in [1.165, 1.54) is 12.7 Å². The van der Waals surface area contributed by atoms with Crippen LogP contribution < -0.4 is 10.5 Å². The predicted molar refractivity (Wildman–Crippen MR) is 64.5 cm³/mol. The summed E-state index contributed by atoms with van der Waals surface area (Å²) in [7, 11) is 1.49. The molecule has 0 unspecified atom stereocenters. The average Bonchev–Trinajstić information content (AvgIpc) is 2.59. The second-order valence-corrected chi connectivity index (χ2v) is 4.02. The average molecular weight is 233 g/mol. The number of rotatable bonds is 3. The number of hydrogen-bond acceptors (Lipinski definition) is 3. The summed E-state index contributed by atoms with van der Waals surface area (Å²) < 4.78 is 11.5. The Bertz CT molecular complexity index is 563. The molecule has 0 saturated heterocycles. The molecule has 0 aliphatic carbocycles. The summed E-state index contributed by atoms with van der Waals surface area (Å²) in [6, 6.07) is 8.04. The van der Waals surface area contributed by atoms with Gasteiger partial charge in [-0.1, -0.05) is 29.8 Å². The van der Waals surface area contributed by atoms with E-state index >= 15 is 0 Å². The zero-order chi connectivity index (χ0) is 12.4. The van der Waals surface area contributed by atoms with Crippen LogP contribution in [0.3, 0.4) is 0 Å². The second kappa shape index (κ2) is 4.49. The van der Waals surface area contributed by atoms with Crippen molar-refractivity contribution in [2.45, 2.75) is 20.4 Å². The van der Waals surface area contributed by atoms with Gasteiger partial charge in [0.2, 0.25) is 0 Å². The molecule has 0 spiro atoms. The summed E-state index contributed by atoms with van der Waals surface area (Å²) in [5, 5.41) is 0. The van der Waals surface area contributed by atoms with Gasteiger partial charge in [-0.05, 0) is 19.4 Å². The molecule has 4 heteroatoms. The minimum absolute atomic E-state index is 0.280. The molecule has 0 aliphatic rings. The van der Waals surface area contributed by atoms with E-state index < -0.39 is 0 Å². The van der Waals surface area contributed by atoms with Crippen molar-refractivity contribution in [2.24, 2.45) is 0 Å². The molecule has 1 aromatic heterocycles. The van der Waals surface area contributed by atoms with Crippen molar-refractivity contribution in [1.82, 2.24) is 4.57 Å². The zero-order valence-corrected chi connectivity index (χ0v) is 10.2. The van der Waals surface area contributed by atoms with E-state index in [2.05, 4.69) is 0 Å². The molecule has 90 valence electrons. The van der Waals surface area contributed by atoms with Crippen molar-refractivity contribution in [3.05, 3.63) is 51.6 Å². The highest BCUT2D eigenvalue weighted by molar-refractivity contribution is 5.23. The van der Waals surface area contributed by atoms with Gasteiger partial charge in [0.25, 0.3) is 0 Å². The van der Waals surface area contributed by atoms with E-state index in [0.717, 1.165) is 5.56 Å². The lowest BCUT2D eigenvalue weighted by molar-refractivity contribution is 0.291. The van der Waals surface area contributed by atoms with Crippen molar-refractivity contribution in [3.63, 3.8) is 0 Å². The van der Waals surface area contributed by atoms with Gasteiger partial charge >= 0.3 is 11.7 Å². The molecule has 0 radical (unpaired) electrons. The molecule has 0 aliphatic heterocycles. The molecule has 2 rings (SSSR count). The molecule has 0 saturated carbocycles. The van der Waals surface area contributed by atoms with Crippen LogP contribution >= 0.6 is 0 Å². The van der Waals surface area contributed by atoms with Crippen LogP contribution in [0.2, 0.25) is 0 Å². The van der Waals surface area contributed by atoms with Crippen LogP contribution in [0.15, 0.2) is 33.5 Å². The Morgan fingerprint density at radius 1 is 1.24 bits per heavy atom. The third-order valence-corrected chi connectivity index (χ3v) is 2.75. The van der Waals surface area contributed by atoms with Crippen LogP contribution in [-0.2, 0) is 6.54 Å². The van der Waals surface area contributed by atoms with Gasteiger partial charge in [-0.25, -0.2) is 4.79 Å². The molecule has 2 aromatic rings. The Balaban J connectivity index is 2.33. The van der Waals surface area contributed by atoms with E-state index in [1.54, 1.807) is 11.5 Å². The number of methoxy groups -OCH3 is 1. The van der Waals surface area contributed by atoms with E-state index in [1.807, 2.05) is 31.2 Å². The monoisotopic (exact) mass is 233 g/mol. The Hall–Kier alpha value is -1.97. The Labute approximate surface area is 99.4 Å². The fourth-order valence-corrected chi connectivity index (χ4v) is 1.70. The maximum Gasteiger partial charge on any atom is 0.422 e. The van der Waals surface area contributed by atoms with Crippen molar-refractivity contribution < 1.29 is 9.15 Å². The molecule has 0 atom stereocenters. The molecule has 0 N–H and O–H groups in total. The van der Waals surface area contributed by atoms with Gasteiger partial charge in [0.05, 0.1) is 13.7 Å². The SMILES string of the molecule is COc1oc(=O)n(Cc2ccc(C)cc2)c1C. The standard InChI is InChI=1S/C13H15NO3/c1-9-4-6-11(7-5-9)8-14-10(2)12(16-3)17-13(14)15/h4-7H,8H2,1-3H3. The van der Waals surface area contributed by atoms with Crippen LogP contribution in [0.1, 0.15) is 16.8 Å². The Morgan fingerprint density at radius 2 is 1.88 bits per heavy atom. The molecule has 1 aromatic carbocycles. The third kappa shape index (κ3) is 2.25. The Morgan fingerprint density at radius 3 is 2.41 bits per heavy atom. The highest BCUT2D eigenvalue weighted by Crippen LogP contribution is 2.16. The predicted octanol–water partition coefficient (Wildman–Crippen LogP) is 2.12. The normalized spacial score (nSPS) is 10.5.